The minimum absolute atomic E-state index is 0. The van der Waals surface area contributed by atoms with Crippen molar-refractivity contribution in [3.8, 4) is 0 Å². The van der Waals surface area contributed by atoms with E-state index in [9.17, 15) is 18.0 Å². The van der Waals surface area contributed by atoms with Crippen molar-refractivity contribution in [2.45, 2.75) is 25.9 Å². The van der Waals surface area contributed by atoms with E-state index >= 15 is 0 Å². The number of carbonyl (C=O) groups excluding carboxylic acids is 1. The molecule has 7 heteroatoms. The van der Waals surface area contributed by atoms with Gasteiger partial charge in [-0.15, -0.1) is 12.4 Å². The number of halogens is 4. The van der Waals surface area contributed by atoms with Gasteiger partial charge in [-0.2, -0.15) is 13.2 Å². The fraction of sp³-hybridized carbons (Fsp3) is 0.562. The predicted octanol–water partition coefficient (Wildman–Crippen LogP) is 3.82. The Labute approximate surface area is 140 Å². The van der Waals surface area contributed by atoms with Crippen LogP contribution < -0.4 is 4.90 Å². The summed E-state index contributed by atoms with van der Waals surface area (Å²) in [7, 11) is 2.02. The molecule has 2 rings (SSSR count). The van der Waals surface area contributed by atoms with E-state index in [-0.39, 0.29) is 24.2 Å². The molecule has 1 aliphatic heterocycles. The van der Waals surface area contributed by atoms with Gasteiger partial charge in [-0.05, 0) is 64.2 Å². The van der Waals surface area contributed by atoms with Crippen LogP contribution in [0.5, 0.6) is 0 Å². The van der Waals surface area contributed by atoms with Crippen molar-refractivity contribution in [1.82, 2.24) is 4.90 Å². The number of alkyl halides is 3. The fourth-order valence-corrected chi connectivity index (χ4v) is 2.77. The normalized spacial score (nSPS) is 16.7. The van der Waals surface area contributed by atoms with E-state index < -0.39 is 11.7 Å². The quantitative estimate of drug-likeness (QED) is 0.827. The van der Waals surface area contributed by atoms with Crippen LogP contribution in [-0.4, -0.2) is 37.5 Å². The molecule has 0 aliphatic carbocycles. The lowest BCUT2D eigenvalue weighted by atomic mass is 9.95. The number of rotatable bonds is 3. The SMILES string of the molecule is CCN(C(=O)C1CCN(C)CC1)c1ccc(C(F)(F)F)cc1.Cl. The molecule has 1 amide bonds. The molecule has 0 unspecified atom stereocenters. The van der Waals surface area contributed by atoms with Crippen molar-refractivity contribution < 1.29 is 18.0 Å². The van der Waals surface area contributed by atoms with Crippen LogP contribution in [0.25, 0.3) is 0 Å². The van der Waals surface area contributed by atoms with Gasteiger partial charge in [0.1, 0.15) is 0 Å². The second-order valence-electron chi connectivity index (χ2n) is 5.70. The van der Waals surface area contributed by atoms with E-state index in [1.54, 1.807) is 4.90 Å². The molecule has 0 radical (unpaired) electrons. The Morgan fingerprint density at radius 3 is 2.17 bits per heavy atom. The lowest BCUT2D eigenvalue weighted by Gasteiger charge is -2.32. The van der Waals surface area contributed by atoms with Crippen molar-refractivity contribution in [3.63, 3.8) is 0 Å². The Bertz CT molecular complexity index is 511. The Morgan fingerprint density at radius 2 is 1.74 bits per heavy atom. The van der Waals surface area contributed by atoms with Gasteiger partial charge in [0.15, 0.2) is 0 Å². The first kappa shape index (κ1) is 19.8. The summed E-state index contributed by atoms with van der Waals surface area (Å²) in [5.41, 5.74) is -0.168. The summed E-state index contributed by atoms with van der Waals surface area (Å²) in [6.45, 7) is 4.04. The smallest absolute Gasteiger partial charge is 0.312 e. The van der Waals surface area contributed by atoms with Gasteiger partial charge in [-0.3, -0.25) is 4.79 Å². The van der Waals surface area contributed by atoms with Crippen molar-refractivity contribution in [1.29, 1.82) is 0 Å². The van der Waals surface area contributed by atoms with Crippen LogP contribution in [0, 0.1) is 5.92 Å². The molecular formula is C16H22ClF3N2O. The molecule has 0 saturated carbocycles. The summed E-state index contributed by atoms with van der Waals surface area (Å²) in [5.74, 6) is -0.0335. The second-order valence-corrected chi connectivity index (χ2v) is 5.70. The van der Waals surface area contributed by atoms with Crippen LogP contribution in [0.3, 0.4) is 0 Å². The van der Waals surface area contributed by atoms with Crippen LogP contribution in [-0.2, 0) is 11.0 Å². The molecule has 23 heavy (non-hydrogen) atoms. The maximum Gasteiger partial charge on any atom is 0.416 e. The lowest BCUT2D eigenvalue weighted by molar-refractivity contribution is -0.137. The van der Waals surface area contributed by atoms with Crippen molar-refractivity contribution in [2.75, 3.05) is 31.6 Å². The van der Waals surface area contributed by atoms with E-state index in [0.29, 0.717) is 12.2 Å². The third-order valence-corrected chi connectivity index (χ3v) is 4.16. The molecule has 0 N–H and O–H groups in total. The van der Waals surface area contributed by atoms with Crippen LogP contribution in [0.1, 0.15) is 25.3 Å². The van der Waals surface area contributed by atoms with Gasteiger partial charge in [-0.1, -0.05) is 0 Å². The zero-order valence-corrected chi connectivity index (χ0v) is 14.1. The average molecular weight is 351 g/mol. The summed E-state index contributed by atoms with van der Waals surface area (Å²) >= 11 is 0. The molecule has 1 aromatic rings. The topological polar surface area (TPSA) is 23.6 Å². The standard InChI is InChI=1S/C16H21F3N2O.ClH/c1-3-21(15(22)12-8-10-20(2)11-9-12)14-6-4-13(5-7-14)16(17,18)19;/h4-7,12H,3,8-11H2,1-2H3;1H. The van der Waals surface area contributed by atoms with Crippen LogP contribution in [0.15, 0.2) is 24.3 Å². The summed E-state index contributed by atoms with van der Waals surface area (Å²) in [6, 6.07) is 4.80. The van der Waals surface area contributed by atoms with Crippen molar-refractivity contribution in [2.24, 2.45) is 5.92 Å². The number of nitrogens with zero attached hydrogens (tertiary/aromatic N) is 2. The van der Waals surface area contributed by atoms with Crippen LogP contribution in [0.4, 0.5) is 18.9 Å². The summed E-state index contributed by atoms with van der Waals surface area (Å²) in [4.78, 5) is 16.4. The molecule has 1 aliphatic rings. The highest BCUT2D eigenvalue weighted by atomic mass is 35.5. The first-order valence-electron chi connectivity index (χ1n) is 7.50. The van der Waals surface area contributed by atoms with E-state index in [1.807, 2.05) is 14.0 Å². The average Bonchev–Trinajstić information content (AvgIpc) is 2.48. The molecule has 1 saturated heterocycles. The first-order chi connectivity index (χ1) is 10.3. The molecule has 0 bridgehead atoms. The molecule has 0 atom stereocenters. The zero-order chi connectivity index (χ0) is 16.3. The summed E-state index contributed by atoms with van der Waals surface area (Å²) in [6.07, 6.45) is -2.76. The van der Waals surface area contributed by atoms with Gasteiger partial charge in [0.05, 0.1) is 5.56 Å². The van der Waals surface area contributed by atoms with E-state index in [0.717, 1.165) is 38.1 Å². The number of hydrogen-bond acceptors (Lipinski definition) is 2. The highest BCUT2D eigenvalue weighted by Gasteiger charge is 2.31. The monoisotopic (exact) mass is 350 g/mol. The Morgan fingerprint density at radius 1 is 1.22 bits per heavy atom. The fourth-order valence-electron chi connectivity index (χ4n) is 2.77. The van der Waals surface area contributed by atoms with E-state index in [1.165, 1.54) is 12.1 Å². The predicted molar refractivity (Wildman–Crippen MR) is 86.9 cm³/mol. The van der Waals surface area contributed by atoms with Gasteiger partial charge >= 0.3 is 6.18 Å². The van der Waals surface area contributed by atoms with Gasteiger partial charge < -0.3 is 9.80 Å². The minimum atomic E-state index is -4.35. The second kappa shape index (κ2) is 8.02. The third kappa shape index (κ3) is 4.85. The number of piperidine rings is 1. The Kier molecular flexibility index (Phi) is 6.89. The van der Waals surface area contributed by atoms with E-state index in [4.69, 9.17) is 0 Å². The van der Waals surface area contributed by atoms with Crippen molar-refractivity contribution in [3.05, 3.63) is 29.8 Å². The number of anilines is 1. The lowest BCUT2D eigenvalue weighted by Crippen LogP contribution is -2.41. The van der Waals surface area contributed by atoms with E-state index in [2.05, 4.69) is 4.90 Å². The summed E-state index contributed by atoms with van der Waals surface area (Å²) in [5, 5.41) is 0. The highest BCUT2D eigenvalue weighted by Crippen LogP contribution is 2.31. The van der Waals surface area contributed by atoms with Gasteiger partial charge in [-0.25, -0.2) is 0 Å². The van der Waals surface area contributed by atoms with Crippen LogP contribution in [0.2, 0.25) is 0 Å². The van der Waals surface area contributed by atoms with Gasteiger partial charge in [0.2, 0.25) is 5.91 Å². The molecule has 130 valence electrons. The number of likely N-dealkylation sites (tertiary alicyclic amines) is 1. The number of hydrogen-bond donors (Lipinski definition) is 0. The maximum absolute atomic E-state index is 12.6. The largest absolute Gasteiger partial charge is 0.416 e. The molecule has 0 spiro atoms. The highest BCUT2D eigenvalue weighted by molar-refractivity contribution is 5.95. The molecule has 1 aromatic carbocycles. The molecule has 1 heterocycles. The molecular weight excluding hydrogens is 329 g/mol. The third-order valence-electron chi connectivity index (χ3n) is 4.16. The van der Waals surface area contributed by atoms with Crippen LogP contribution >= 0.6 is 12.4 Å². The number of amides is 1. The molecule has 1 fully saturated rings. The zero-order valence-electron chi connectivity index (χ0n) is 13.3. The Balaban J connectivity index is 0.00000264. The van der Waals surface area contributed by atoms with Gasteiger partial charge in [0.25, 0.3) is 0 Å². The number of benzene rings is 1. The van der Waals surface area contributed by atoms with Gasteiger partial charge in [0, 0.05) is 18.2 Å². The molecule has 0 aromatic heterocycles. The minimum Gasteiger partial charge on any atom is -0.312 e. The maximum atomic E-state index is 12.6. The number of carbonyl (C=O) groups is 1. The first-order valence-corrected chi connectivity index (χ1v) is 7.50. The molecule has 3 nitrogen and oxygen atoms in total. The summed E-state index contributed by atoms with van der Waals surface area (Å²) < 4.78 is 37.8. The Hall–Kier alpha value is -1.27. The van der Waals surface area contributed by atoms with Crippen molar-refractivity contribution >= 4 is 24.0 Å².